The Balaban J connectivity index is 1.97. The minimum atomic E-state index is 0.0990. The molecule has 6 heteroatoms. The fourth-order valence-electron chi connectivity index (χ4n) is 2.33. The smallest absolute Gasteiger partial charge is 0.318 e. The highest BCUT2D eigenvalue weighted by molar-refractivity contribution is 5.29. The molecule has 0 saturated carbocycles. The van der Waals surface area contributed by atoms with Crippen LogP contribution in [-0.4, -0.2) is 41.0 Å². The molecule has 0 amide bonds. The van der Waals surface area contributed by atoms with Gasteiger partial charge in [0.2, 0.25) is 5.89 Å². The molecule has 1 aliphatic heterocycles. The highest BCUT2D eigenvalue weighted by atomic mass is 16.4. The standard InChI is InChI=1S/C12H22N4O2/c1-3-5-13-7-11-14-15-12(18-11)16-6-4-9(2)10(16)8-17/h9-10,13,17H,3-8H2,1-2H3. The van der Waals surface area contributed by atoms with Crippen LogP contribution in [0.15, 0.2) is 4.42 Å². The lowest BCUT2D eigenvalue weighted by Gasteiger charge is -2.22. The molecule has 2 rings (SSSR count). The summed E-state index contributed by atoms with van der Waals surface area (Å²) in [5, 5.41) is 20.7. The number of hydrogen-bond acceptors (Lipinski definition) is 6. The van der Waals surface area contributed by atoms with E-state index < -0.39 is 0 Å². The Morgan fingerprint density at radius 3 is 3.06 bits per heavy atom. The molecule has 0 bridgehead atoms. The van der Waals surface area contributed by atoms with E-state index in [4.69, 9.17) is 4.42 Å². The first-order valence-electron chi connectivity index (χ1n) is 6.66. The molecule has 1 aromatic heterocycles. The third kappa shape index (κ3) is 2.81. The van der Waals surface area contributed by atoms with Crippen LogP contribution in [0, 0.1) is 5.92 Å². The average molecular weight is 254 g/mol. The van der Waals surface area contributed by atoms with Crippen molar-refractivity contribution in [3.05, 3.63) is 5.89 Å². The van der Waals surface area contributed by atoms with Crippen LogP contribution < -0.4 is 10.2 Å². The van der Waals surface area contributed by atoms with Crippen LogP contribution in [0.5, 0.6) is 0 Å². The molecule has 0 spiro atoms. The number of aliphatic hydroxyl groups excluding tert-OH is 1. The van der Waals surface area contributed by atoms with Gasteiger partial charge in [0.05, 0.1) is 19.2 Å². The molecule has 6 nitrogen and oxygen atoms in total. The summed E-state index contributed by atoms with van der Waals surface area (Å²) in [6.45, 7) is 6.81. The molecule has 2 N–H and O–H groups in total. The molecular formula is C12H22N4O2. The van der Waals surface area contributed by atoms with E-state index in [2.05, 4.69) is 29.4 Å². The Bertz CT molecular complexity index is 369. The minimum absolute atomic E-state index is 0.0990. The first-order valence-corrected chi connectivity index (χ1v) is 6.66. The molecule has 1 fully saturated rings. The molecule has 0 aliphatic carbocycles. The van der Waals surface area contributed by atoms with Crippen molar-refractivity contribution >= 4 is 6.01 Å². The second-order valence-corrected chi connectivity index (χ2v) is 4.86. The SMILES string of the molecule is CCCNCc1nnc(N2CCC(C)C2CO)o1. The first kappa shape index (κ1) is 13.3. The summed E-state index contributed by atoms with van der Waals surface area (Å²) < 4.78 is 5.62. The van der Waals surface area contributed by atoms with Gasteiger partial charge in [-0.25, -0.2) is 0 Å². The zero-order chi connectivity index (χ0) is 13.0. The van der Waals surface area contributed by atoms with Crippen molar-refractivity contribution in [3.8, 4) is 0 Å². The van der Waals surface area contributed by atoms with Crippen LogP contribution in [-0.2, 0) is 6.54 Å². The van der Waals surface area contributed by atoms with Gasteiger partial charge in [0.1, 0.15) is 0 Å². The summed E-state index contributed by atoms with van der Waals surface area (Å²) in [5.41, 5.74) is 0. The molecule has 2 unspecified atom stereocenters. The first-order chi connectivity index (χ1) is 8.76. The molecule has 1 aromatic rings. The van der Waals surface area contributed by atoms with Gasteiger partial charge < -0.3 is 19.7 Å². The quantitative estimate of drug-likeness (QED) is 0.731. The van der Waals surface area contributed by atoms with Gasteiger partial charge in [0.15, 0.2) is 0 Å². The maximum Gasteiger partial charge on any atom is 0.318 e. The predicted molar refractivity (Wildman–Crippen MR) is 68.3 cm³/mol. The molecule has 102 valence electrons. The van der Waals surface area contributed by atoms with Crippen LogP contribution in [0.1, 0.15) is 32.6 Å². The lowest BCUT2D eigenvalue weighted by atomic mass is 10.0. The van der Waals surface area contributed by atoms with E-state index in [1.807, 2.05) is 4.90 Å². The number of rotatable bonds is 6. The predicted octanol–water partition coefficient (Wildman–Crippen LogP) is 0.776. The van der Waals surface area contributed by atoms with E-state index in [1.165, 1.54) is 0 Å². The maximum absolute atomic E-state index is 9.40. The lowest BCUT2D eigenvalue weighted by molar-refractivity contribution is 0.241. The van der Waals surface area contributed by atoms with Crippen LogP contribution in [0.3, 0.4) is 0 Å². The molecule has 2 atom stereocenters. The van der Waals surface area contributed by atoms with Gasteiger partial charge in [-0.05, 0) is 25.3 Å². The summed E-state index contributed by atoms with van der Waals surface area (Å²) in [6, 6.07) is 0.633. The van der Waals surface area contributed by atoms with Crippen molar-refractivity contribution < 1.29 is 9.52 Å². The number of aliphatic hydroxyl groups is 1. The number of aromatic nitrogens is 2. The summed E-state index contributed by atoms with van der Waals surface area (Å²) in [6.07, 6.45) is 2.13. The van der Waals surface area contributed by atoms with Crippen molar-refractivity contribution in [3.63, 3.8) is 0 Å². The van der Waals surface area contributed by atoms with Gasteiger partial charge in [-0.15, -0.1) is 5.10 Å². The third-order valence-electron chi connectivity index (χ3n) is 3.47. The number of nitrogens with zero attached hydrogens (tertiary/aromatic N) is 3. The summed E-state index contributed by atoms with van der Waals surface area (Å²) in [4.78, 5) is 2.01. The normalized spacial score (nSPS) is 23.8. The van der Waals surface area contributed by atoms with E-state index in [0.717, 1.165) is 25.9 Å². The Morgan fingerprint density at radius 2 is 2.33 bits per heavy atom. The van der Waals surface area contributed by atoms with Crippen LogP contribution in [0.4, 0.5) is 6.01 Å². The second kappa shape index (κ2) is 6.15. The van der Waals surface area contributed by atoms with E-state index in [0.29, 0.717) is 24.4 Å². The number of hydrogen-bond donors (Lipinski definition) is 2. The highest BCUT2D eigenvalue weighted by Crippen LogP contribution is 2.28. The van der Waals surface area contributed by atoms with Gasteiger partial charge in [0, 0.05) is 6.54 Å². The van der Waals surface area contributed by atoms with Crippen LogP contribution in [0.25, 0.3) is 0 Å². The van der Waals surface area contributed by atoms with Crippen molar-refractivity contribution in [2.45, 2.75) is 39.3 Å². The monoisotopic (exact) mass is 254 g/mol. The molecule has 2 heterocycles. The largest absolute Gasteiger partial charge is 0.407 e. The number of nitrogens with one attached hydrogen (secondary N) is 1. The fraction of sp³-hybridized carbons (Fsp3) is 0.833. The van der Waals surface area contributed by atoms with E-state index in [9.17, 15) is 5.11 Å². The van der Waals surface area contributed by atoms with Crippen molar-refractivity contribution in [2.75, 3.05) is 24.6 Å². The molecule has 1 aliphatic rings. The lowest BCUT2D eigenvalue weighted by Crippen LogP contribution is -2.35. The fourth-order valence-corrected chi connectivity index (χ4v) is 2.33. The Kier molecular flexibility index (Phi) is 4.54. The zero-order valence-electron chi connectivity index (χ0n) is 11.1. The van der Waals surface area contributed by atoms with Gasteiger partial charge in [-0.1, -0.05) is 18.9 Å². The van der Waals surface area contributed by atoms with E-state index in [-0.39, 0.29) is 12.6 Å². The van der Waals surface area contributed by atoms with Crippen molar-refractivity contribution in [1.82, 2.24) is 15.5 Å². The van der Waals surface area contributed by atoms with Gasteiger partial charge in [-0.2, -0.15) is 0 Å². The third-order valence-corrected chi connectivity index (χ3v) is 3.47. The van der Waals surface area contributed by atoms with Gasteiger partial charge in [-0.3, -0.25) is 0 Å². The zero-order valence-corrected chi connectivity index (χ0v) is 11.1. The van der Waals surface area contributed by atoms with Crippen LogP contribution in [0.2, 0.25) is 0 Å². The van der Waals surface area contributed by atoms with Crippen LogP contribution >= 0.6 is 0 Å². The molecular weight excluding hydrogens is 232 g/mol. The van der Waals surface area contributed by atoms with E-state index in [1.54, 1.807) is 0 Å². The Labute approximate surface area is 107 Å². The molecule has 0 aromatic carbocycles. The second-order valence-electron chi connectivity index (χ2n) is 4.86. The molecule has 0 radical (unpaired) electrons. The van der Waals surface area contributed by atoms with Gasteiger partial charge >= 0.3 is 6.01 Å². The average Bonchev–Trinajstić information content (AvgIpc) is 2.96. The van der Waals surface area contributed by atoms with Crippen molar-refractivity contribution in [2.24, 2.45) is 5.92 Å². The summed E-state index contributed by atoms with van der Waals surface area (Å²) >= 11 is 0. The highest BCUT2D eigenvalue weighted by Gasteiger charge is 2.33. The topological polar surface area (TPSA) is 74.4 Å². The summed E-state index contributed by atoms with van der Waals surface area (Å²) in [7, 11) is 0. The van der Waals surface area contributed by atoms with E-state index >= 15 is 0 Å². The minimum Gasteiger partial charge on any atom is -0.407 e. The maximum atomic E-state index is 9.40. The molecule has 1 saturated heterocycles. The number of anilines is 1. The summed E-state index contributed by atoms with van der Waals surface area (Å²) in [5.74, 6) is 1.07. The Morgan fingerprint density at radius 1 is 1.50 bits per heavy atom. The van der Waals surface area contributed by atoms with Gasteiger partial charge in [0.25, 0.3) is 0 Å². The molecule has 18 heavy (non-hydrogen) atoms. The Hall–Kier alpha value is -1.14. The van der Waals surface area contributed by atoms with Crippen molar-refractivity contribution in [1.29, 1.82) is 0 Å².